The number of hydrogen-bond donors (Lipinski definition) is 2. The van der Waals surface area contributed by atoms with Gasteiger partial charge in [0.15, 0.2) is 0 Å². The number of nitrogens with one attached hydrogen (secondary N) is 2. The van der Waals surface area contributed by atoms with Gasteiger partial charge in [-0.15, -0.1) is 0 Å². The van der Waals surface area contributed by atoms with Crippen molar-refractivity contribution in [1.29, 1.82) is 0 Å². The van der Waals surface area contributed by atoms with Crippen LogP contribution in [0.1, 0.15) is 31.1 Å². The predicted molar refractivity (Wildman–Crippen MR) is 85.6 cm³/mol. The number of rotatable bonds is 4. The molecule has 0 fully saturated rings. The molecule has 0 aliphatic carbocycles. The molecule has 0 saturated carbocycles. The maximum Gasteiger partial charge on any atom is 0.337 e. The van der Waals surface area contributed by atoms with Crippen LogP contribution in [0.4, 0.5) is 5.69 Å². The first-order valence-electron chi connectivity index (χ1n) is 6.87. The molecule has 6 heteroatoms. The van der Waals surface area contributed by atoms with Crippen LogP contribution in [0.2, 0.25) is 0 Å². The summed E-state index contributed by atoms with van der Waals surface area (Å²) in [6.07, 6.45) is 0. The molecule has 2 rings (SSSR count). The van der Waals surface area contributed by atoms with Crippen LogP contribution in [-0.4, -0.2) is 31.9 Å². The Morgan fingerprint density at radius 3 is 2.13 bits per heavy atom. The summed E-state index contributed by atoms with van der Waals surface area (Å²) in [5, 5.41) is 5.22. The van der Waals surface area contributed by atoms with Gasteiger partial charge in [-0.1, -0.05) is 6.07 Å². The average molecular weight is 312 g/mol. The highest BCUT2D eigenvalue weighted by Gasteiger charge is 2.11. The van der Waals surface area contributed by atoms with Crippen molar-refractivity contribution in [2.24, 2.45) is 0 Å². The fourth-order valence-electron chi connectivity index (χ4n) is 1.96. The van der Waals surface area contributed by atoms with Crippen molar-refractivity contribution in [2.75, 3.05) is 19.5 Å². The van der Waals surface area contributed by atoms with E-state index < -0.39 is 5.97 Å². The third-order valence-electron chi connectivity index (χ3n) is 3.18. The largest absolute Gasteiger partial charge is 0.465 e. The van der Waals surface area contributed by atoms with Gasteiger partial charge in [0.25, 0.3) is 11.8 Å². The molecule has 0 aromatic heterocycles. The smallest absolute Gasteiger partial charge is 0.337 e. The van der Waals surface area contributed by atoms with E-state index in [1.54, 1.807) is 49.5 Å². The van der Waals surface area contributed by atoms with E-state index in [1.807, 2.05) is 0 Å². The number of esters is 1. The molecule has 2 N–H and O–H groups in total. The molecule has 0 aliphatic heterocycles. The standard InChI is InChI=1S/C17H16N2O4/c1-18-15(20)11-6-8-14(9-7-11)19-16(21)12-4-3-5-13(10-12)17(22)23-2/h3-10H,1-2H3,(H,18,20)(H,19,21). The number of benzene rings is 2. The van der Waals surface area contributed by atoms with Crippen molar-refractivity contribution in [1.82, 2.24) is 5.32 Å². The lowest BCUT2D eigenvalue weighted by molar-refractivity contribution is 0.0600. The van der Waals surface area contributed by atoms with Gasteiger partial charge in [0.05, 0.1) is 12.7 Å². The van der Waals surface area contributed by atoms with Crippen LogP contribution in [0.3, 0.4) is 0 Å². The highest BCUT2D eigenvalue weighted by atomic mass is 16.5. The third kappa shape index (κ3) is 3.94. The van der Waals surface area contributed by atoms with Crippen molar-refractivity contribution in [3.63, 3.8) is 0 Å². The summed E-state index contributed by atoms with van der Waals surface area (Å²) < 4.78 is 4.63. The van der Waals surface area contributed by atoms with E-state index in [0.29, 0.717) is 22.4 Å². The van der Waals surface area contributed by atoms with Gasteiger partial charge in [0, 0.05) is 23.9 Å². The summed E-state index contributed by atoms with van der Waals surface area (Å²) >= 11 is 0. The van der Waals surface area contributed by atoms with E-state index in [9.17, 15) is 14.4 Å². The molecule has 0 heterocycles. The lowest BCUT2D eigenvalue weighted by Gasteiger charge is -2.07. The van der Waals surface area contributed by atoms with Gasteiger partial charge in [0.1, 0.15) is 0 Å². The first-order chi connectivity index (χ1) is 11.0. The van der Waals surface area contributed by atoms with Crippen LogP contribution in [0.25, 0.3) is 0 Å². The summed E-state index contributed by atoms with van der Waals surface area (Å²) in [5.41, 5.74) is 1.68. The van der Waals surface area contributed by atoms with Crippen LogP contribution >= 0.6 is 0 Å². The van der Waals surface area contributed by atoms with E-state index in [4.69, 9.17) is 0 Å². The molecular weight excluding hydrogens is 296 g/mol. The Bertz CT molecular complexity index is 739. The van der Waals surface area contributed by atoms with Gasteiger partial charge in [-0.05, 0) is 42.5 Å². The van der Waals surface area contributed by atoms with Crippen molar-refractivity contribution in [2.45, 2.75) is 0 Å². The number of hydrogen-bond acceptors (Lipinski definition) is 4. The van der Waals surface area contributed by atoms with E-state index in [1.165, 1.54) is 13.2 Å². The lowest BCUT2D eigenvalue weighted by atomic mass is 10.1. The highest BCUT2D eigenvalue weighted by Crippen LogP contribution is 2.13. The molecular formula is C17H16N2O4. The van der Waals surface area contributed by atoms with Crippen molar-refractivity contribution < 1.29 is 19.1 Å². The monoisotopic (exact) mass is 312 g/mol. The Labute approximate surface area is 133 Å². The summed E-state index contributed by atoms with van der Waals surface area (Å²) in [4.78, 5) is 35.2. The molecule has 0 unspecified atom stereocenters. The Morgan fingerprint density at radius 1 is 0.870 bits per heavy atom. The summed E-state index contributed by atoms with van der Waals surface area (Å²) in [7, 11) is 2.83. The van der Waals surface area contributed by atoms with Crippen molar-refractivity contribution in [3.05, 3.63) is 65.2 Å². The zero-order valence-electron chi connectivity index (χ0n) is 12.8. The number of carbonyl (C=O) groups excluding carboxylic acids is 3. The topological polar surface area (TPSA) is 84.5 Å². The minimum absolute atomic E-state index is 0.200. The van der Waals surface area contributed by atoms with Crippen molar-refractivity contribution in [3.8, 4) is 0 Å². The maximum atomic E-state index is 12.2. The van der Waals surface area contributed by atoms with Crippen LogP contribution in [0, 0.1) is 0 Å². The number of anilines is 1. The van der Waals surface area contributed by atoms with Gasteiger partial charge in [-0.2, -0.15) is 0 Å². The molecule has 0 spiro atoms. The van der Waals surface area contributed by atoms with Crippen LogP contribution in [0.15, 0.2) is 48.5 Å². The minimum atomic E-state index is -0.505. The summed E-state index contributed by atoms with van der Waals surface area (Å²) in [6.45, 7) is 0. The maximum absolute atomic E-state index is 12.2. The molecule has 0 saturated heterocycles. The number of ether oxygens (including phenoxy) is 1. The molecule has 118 valence electrons. The molecule has 0 atom stereocenters. The molecule has 2 amide bonds. The van der Waals surface area contributed by atoms with Gasteiger partial charge >= 0.3 is 5.97 Å². The molecule has 0 aliphatic rings. The number of carbonyl (C=O) groups is 3. The SMILES string of the molecule is CNC(=O)c1ccc(NC(=O)c2cccc(C(=O)OC)c2)cc1. The van der Waals surface area contributed by atoms with Crippen LogP contribution < -0.4 is 10.6 Å². The number of methoxy groups -OCH3 is 1. The third-order valence-corrected chi connectivity index (χ3v) is 3.18. The second-order valence-corrected chi connectivity index (χ2v) is 4.68. The van der Waals surface area contributed by atoms with E-state index in [-0.39, 0.29) is 11.8 Å². The van der Waals surface area contributed by atoms with Gasteiger partial charge in [-0.25, -0.2) is 4.79 Å². The Kier molecular flexibility index (Phi) is 5.09. The molecule has 0 bridgehead atoms. The summed E-state index contributed by atoms with van der Waals surface area (Å²) in [6, 6.07) is 12.7. The Balaban J connectivity index is 2.13. The summed E-state index contributed by atoms with van der Waals surface area (Å²) in [5.74, 6) is -1.06. The first kappa shape index (κ1) is 16.2. The number of amides is 2. The van der Waals surface area contributed by atoms with Crippen molar-refractivity contribution >= 4 is 23.5 Å². The quantitative estimate of drug-likeness (QED) is 0.847. The Hall–Kier alpha value is -3.15. The molecule has 0 radical (unpaired) electrons. The molecule has 2 aromatic carbocycles. The Morgan fingerprint density at radius 2 is 1.52 bits per heavy atom. The van der Waals surface area contributed by atoms with E-state index in [0.717, 1.165) is 0 Å². The normalized spacial score (nSPS) is 9.83. The minimum Gasteiger partial charge on any atom is -0.465 e. The van der Waals surface area contributed by atoms with E-state index in [2.05, 4.69) is 15.4 Å². The zero-order chi connectivity index (χ0) is 16.8. The molecule has 6 nitrogen and oxygen atoms in total. The fourth-order valence-corrected chi connectivity index (χ4v) is 1.96. The zero-order valence-corrected chi connectivity index (χ0v) is 12.8. The van der Waals surface area contributed by atoms with Gasteiger partial charge in [0.2, 0.25) is 0 Å². The average Bonchev–Trinajstić information content (AvgIpc) is 2.61. The van der Waals surface area contributed by atoms with E-state index >= 15 is 0 Å². The first-order valence-corrected chi connectivity index (χ1v) is 6.87. The predicted octanol–water partition coefficient (Wildman–Crippen LogP) is 2.09. The second-order valence-electron chi connectivity index (χ2n) is 4.68. The molecule has 2 aromatic rings. The van der Waals surface area contributed by atoms with Gasteiger partial charge < -0.3 is 15.4 Å². The second kappa shape index (κ2) is 7.22. The molecule has 23 heavy (non-hydrogen) atoms. The fraction of sp³-hybridized carbons (Fsp3) is 0.118. The van der Waals surface area contributed by atoms with Crippen LogP contribution in [0.5, 0.6) is 0 Å². The van der Waals surface area contributed by atoms with Gasteiger partial charge in [-0.3, -0.25) is 9.59 Å². The highest BCUT2D eigenvalue weighted by molar-refractivity contribution is 6.06. The lowest BCUT2D eigenvalue weighted by Crippen LogP contribution is -2.18. The van der Waals surface area contributed by atoms with Crippen LogP contribution in [-0.2, 0) is 4.74 Å².